The zero-order valence-electron chi connectivity index (χ0n) is 27.3. The highest BCUT2D eigenvalue weighted by atomic mass is 16.6. The maximum absolute atomic E-state index is 12.7. The van der Waals surface area contributed by atoms with E-state index >= 15 is 0 Å². The lowest BCUT2D eigenvalue weighted by molar-refractivity contribution is -0.150. The van der Waals surface area contributed by atoms with Crippen molar-refractivity contribution in [1.82, 2.24) is 0 Å². The van der Waals surface area contributed by atoms with Gasteiger partial charge in [-0.15, -0.1) is 0 Å². The van der Waals surface area contributed by atoms with Gasteiger partial charge < -0.3 is 18.9 Å². The average molecular weight is 629 g/mol. The molecule has 3 aromatic carbocycles. The smallest absolute Gasteiger partial charge is 0.347 e. The van der Waals surface area contributed by atoms with Crippen molar-refractivity contribution in [3.63, 3.8) is 0 Å². The number of ether oxygens (including phenoxy) is 4. The summed E-state index contributed by atoms with van der Waals surface area (Å²) in [6.45, 7) is 7.87. The van der Waals surface area contributed by atoms with Gasteiger partial charge in [0.1, 0.15) is 17.2 Å². The topological polar surface area (TPSA) is 88.1 Å². The van der Waals surface area contributed by atoms with Crippen LogP contribution < -0.4 is 14.2 Å². The fourth-order valence-electron chi connectivity index (χ4n) is 4.91. The highest BCUT2D eigenvalue weighted by Crippen LogP contribution is 2.24. The molecule has 0 bridgehead atoms. The number of rotatable bonds is 22. The number of hydrogen-bond acceptors (Lipinski definition) is 7. The second kappa shape index (κ2) is 20.6. The summed E-state index contributed by atoms with van der Waals surface area (Å²) in [6.07, 6.45) is 13.2. The van der Waals surface area contributed by atoms with Gasteiger partial charge in [0, 0.05) is 6.42 Å². The minimum Gasteiger partial charge on any atom is -0.494 e. The Labute approximate surface area is 273 Å². The van der Waals surface area contributed by atoms with Gasteiger partial charge >= 0.3 is 11.9 Å². The molecule has 0 aliphatic rings. The summed E-state index contributed by atoms with van der Waals surface area (Å²) in [5.41, 5.74) is 2.46. The van der Waals surface area contributed by atoms with Crippen LogP contribution in [0.25, 0.3) is 11.1 Å². The Balaban J connectivity index is 1.30. The number of allylic oxidation sites excluding steroid dienone is 1. The third-order valence-corrected chi connectivity index (χ3v) is 7.59. The first-order valence-electron chi connectivity index (χ1n) is 16.5. The Hall–Kier alpha value is -4.39. The molecule has 3 rings (SSSR count). The predicted molar refractivity (Wildman–Crippen MR) is 181 cm³/mol. The molecular weight excluding hydrogens is 580 g/mol. The van der Waals surface area contributed by atoms with E-state index in [1.807, 2.05) is 36.4 Å². The molecule has 0 fully saturated rings. The molecule has 1 atom stereocenters. The van der Waals surface area contributed by atoms with Crippen molar-refractivity contribution < 1.29 is 33.3 Å². The van der Waals surface area contributed by atoms with Crippen LogP contribution in [0.15, 0.2) is 85.5 Å². The standard InChI is InChI=1S/C39H48O7/c1-4-34(40)16-14-12-10-8-6-7-9-11-13-15-29-44-35-23-21-32(22-24-35)31-17-19-33(20-18-31)39(42)46-37-27-25-36(26-28-37)45-30(3)38(41)43-5-2/h4,17-28,30H,1,5-16,29H2,2-3H3. The highest BCUT2D eigenvalue weighted by molar-refractivity contribution is 5.91. The second-order valence-corrected chi connectivity index (χ2v) is 11.3. The Morgan fingerprint density at radius 2 is 1.17 bits per heavy atom. The third-order valence-electron chi connectivity index (χ3n) is 7.59. The van der Waals surface area contributed by atoms with Crippen LogP contribution >= 0.6 is 0 Å². The van der Waals surface area contributed by atoms with E-state index in [-0.39, 0.29) is 12.4 Å². The Bertz CT molecular complexity index is 1340. The van der Waals surface area contributed by atoms with Crippen LogP contribution in [0.1, 0.15) is 94.8 Å². The number of hydrogen-bond donors (Lipinski definition) is 0. The van der Waals surface area contributed by atoms with Crippen molar-refractivity contribution in [2.75, 3.05) is 13.2 Å². The molecule has 7 nitrogen and oxygen atoms in total. The lowest BCUT2D eigenvalue weighted by Crippen LogP contribution is -2.26. The molecule has 0 heterocycles. The fraction of sp³-hybridized carbons (Fsp3) is 0.410. The van der Waals surface area contributed by atoms with Crippen molar-refractivity contribution in [2.24, 2.45) is 0 Å². The summed E-state index contributed by atoms with van der Waals surface area (Å²) >= 11 is 0. The fourth-order valence-corrected chi connectivity index (χ4v) is 4.91. The quantitative estimate of drug-likeness (QED) is 0.0474. The van der Waals surface area contributed by atoms with E-state index in [1.165, 1.54) is 51.0 Å². The van der Waals surface area contributed by atoms with E-state index in [1.54, 1.807) is 50.2 Å². The molecule has 0 saturated carbocycles. The summed E-state index contributed by atoms with van der Waals surface area (Å²) in [6, 6.07) is 21.8. The summed E-state index contributed by atoms with van der Waals surface area (Å²) in [5, 5.41) is 0. The van der Waals surface area contributed by atoms with Crippen LogP contribution in [0.3, 0.4) is 0 Å². The van der Waals surface area contributed by atoms with E-state index < -0.39 is 18.0 Å². The van der Waals surface area contributed by atoms with Crippen molar-refractivity contribution in [3.05, 3.63) is 91.0 Å². The highest BCUT2D eigenvalue weighted by Gasteiger charge is 2.16. The molecular formula is C39H48O7. The average Bonchev–Trinajstić information content (AvgIpc) is 3.08. The first kappa shape index (κ1) is 36.1. The van der Waals surface area contributed by atoms with Crippen molar-refractivity contribution in [3.8, 4) is 28.4 Å². The minimum atomic E-state index is -0.735. The number of carbonyl (C=O) groups is 3. The van der Waals surface area contributed by atoms with E-state index in [9.17, 15) is 14.4 Å². The van der Waals surface area contributed by atoms with E-state index in [4.69, 9.17) is 18.9 Å². The first-order chi connectivity index (χ1) is 22.4. The van der Waals surface area contributed by atoms with Crippen LogP contribution in [-0.2, 0) is 14.3 Å². The van der Waals surface area contributed by atoms with Crippen molar-refractivity contribution >= 4 is 17.7 Å². The normalized spacial score (nSPS) is 11.3. The minimum absolute atomic E-state index is 0.156. The molecule has 0 aliphatic carbocycles. The Kier molecular flexibility index (Phi) is 16.2. The molecule has 0 aromatic heterocycles. The molecule has 46 heavy (non-hydrogen) atoms. The van der Waals surface area contributed by atoms with Gasteiger partial charge in [-0.25, -0.2) is 9.59 Å². The third kappa shape index (κ3) is 13.3. The van der Waals surface area contributed by atoms with Gasteiger partial charge in [0.15, 0.2) is 11.9 Å². The molecule has 1 unspecified atom stereocenters. The molecule has 246 valence electrons. The maximum atomic E-state index is 12.7. The van der Waals surface area contributed by atoms with Gasteiger partial charge in [0.25, 0.3) is 0 Å². The molecule has 0 amide bonds. The molecule has 7 heteroatoms. The van der Waals surface area contributed by atoms with E-state index in [2.05, 4.69) is 6.58 Å². The van der Waals surface area contributed by atoms with Crippen LogP contribution in [0, 0.1) is 0 Å². The number of carbonyl (C=O) groups excluding carboxylic acids is 3. The van der Waals surface area contributed by atoms with Crippen LogP contribution in [-0.4, -0.2) is 37.0 Å². The lowest BCUT2D eigenvalue weighted by atomic mass is 10.0. The van der Waals surface area contributed by atoms with Crippen LogP contribution in [0.5, 0.6) is 17.2 Å². The van der Waals surface area contributed by atoms with Crippen LogP contribution in [0.2, 0.25) is 0 Å². The summed E-state index contributed by atoms with van der Waals surface area (Å²) < 4.78 is 21.9. The zero-order chi connectivity index (χ0) is 33.0. The van der Waals surface area contributed by atoms with Crippen molar-refractivity contribution in [2.45, 2.75) is 90.6 Å². The van der Waals surface area contributed by atoms with Gasteiger partial charge in [0.05, 0.1) is 18.8 Å². The molecule has 0 N–H and O–H groups in total. The number of unbranched alkanes of at least 4 members (excludes halogenated alkanes) is 9. The first-order valence-corrected chi connectivity index (χ1v) is 16.5. The zero-order valence-corrected chi connectivity index (χ0v) is 27.3. The Morgan fingerprint density at radius 1 is 0.674 bits per heavy atom. The largest absolute Gasteiger partial charge is 0.494 e. The molecule has 0 spiro atoms. The van der Waals surface area contributed by atoms with Crippen LogP contribution in [0.4, 0.5) is 0 Å². The predicted octanol–water partition coefficient (Wildman–Crippen LogP) is 9.33. The van der Waals surface area contributed by atoms with E-state index in [0.29, 0.717) is 30.1 Å². The molecule has 0 aliphatic heterocycles. The molecule has 3 aromatic rings. The molecule has 0 radical (unpaired) electrons. The lowest BCUT2D eigenvalue weighted by Gasteiger charge is -2.13. The van der Waals surface area contributed by atoms with Gasteiger partial charge in [-0.05, 0) is 92.4 Å². The van der Waals surface area contributed by atoms with Gasteiger partial charge in [-0.3, -0.25) is 4.79 Å². The Morgan fingerprint density at radius 3 is 1.74 bits per heavy atom. The van der Waals surface area contributed by atoms with Gasteiger partial charge in [-0.2, -0.15) is 0 Å². The number of ketones is 1. The maximum Gasteiger partial charge on any atom is 0.347 e. The van der Waals surface area contributed by atoms with Gasteiger partial charge in [-0.1, -0.05) is 82.2 Å². The van der Waals surface area contributed by atoms with E-state index in [0.717, 1.165) is 36.1 Å². The monoisotopic (exact) mass is 628 g/mol. The summed E-state index contributed by atoms with van der Waals surface area (Å²) in [4.78, 5) is 35.6. The second-order valence-electron chi connectivity index (χ2n) is 11.3. The molecule has 0 saturated heterocycles. The SMILES string of the molecule is C=CC(=O)CCCCCCCCCCCCOc1ccc(-c2ccc(C(=O)Oc3ccc(OC(C)C(=O)OCC)cc3)cc2)cc1. The number of benzene rings is 3. The number of esters is 2. The summed E-state index contributed by atoms with van der Waals surface area (Å²) in [5.74, 6) is 0.955. The van der Waals surface area contributed by atoms with Gasteiger partial charge in [0.2, 0.25) is 0 Å². The van der Waals surface area contributed by atoms with Crippen molar-refractivity contribution in [1.29, 1.82) is 0 Å². The summed E-state index contributed by atoms with van der Waals surface area (Å²) in [7, 11) is 0.